The summed E-state index contributed by atoms with van der Waals surface area (Å²) in [5.41, 5.74) is 18.5. The molecule has 0 amide bonds. The smallest absolute Gasteiger partial charge is 0.0714 e. The Labute approximate surface area is 340 Å². The number of allylic oxidation sites excluding steroid dienone is 1. The highest BCUT2D eigenvalue weighted by atomic mass is 15.1. The maximum absolute atomic E-state index is 2.51. The Balaban J connectivity index is 1.12. The molecule has 58 heavy (non-hydrogen) atoms. The van der Waals surface area contributed by atoms with E-state index in [9.17, 15) is 0 Å². The lowest BCUT2D eigenvalue weighted by Crippen LogP contribution is -2.28. The zero-order valence-electron chi connectivity index (χ0n) is 32.2. The quantitative estimate of drug-likeness (QED) is 0.157. The number of para-hydroxylation sites is 1. The highest BCUT2D eigenvalue weighted by Gasteiger charge is 2.47. The van der Waals surface area contributed by atoms with Crippen molar-refractivity contribution in [2.24, 2.45) is 0 Å². The molecule has 0 N–H and O–H groups in total. The second-order valence-electron chi connectivity index (χ2n) is 15.5. The lowest BCUT2D eigenvalue weighted by molar-refractivity contribution is 0.767. The minimum Gasteiger partial charge on any atom is -0.310 e. The fourth-order valence-corrected chi connectivity index (χ4v) is 9.83. The van der Waals surface area contributed by atoms with Crippen LogP contribution in [-0.4, -0.2) is 0 Å². The molecule has 0 fully saturated rings. The Morgan fingerprint density at radius 1 is 0.414 bits per heavy atom. The summed E-state index contributed by atoms with van der Waals surface area (Å²) in [4.78, 5) is 2.40. The summed E-state index contributed by atoms with van der Waals surface area (Å²) >= 11 is 0. The monoisotopic (exact) mass is 739 g/mol. The fourth-order valence-electron chi connectivity index (χ4n) is 9.83. The van der Waals surface area contributed by atoms with Crippen molar-refractivity contribution in [2.75, 3.05) is 4.90 Å². The third-order valence-electron chi connectivity index (χ3n) is 12.4. The van der Waals surface area contributed by atoms with E-state index in [4.69, 9.17) is 0 Å². The molecule has 0 radical (unpaired) electrons. The van der Waals surface area contributed by atoms with Gasteiger partial charge in [0, 0.05) is 16.8 Å². The maximum Gasteiger partial charge on any atom is 0.0714 e. The molecule has 0 spiro atoms. The van der Waals surface area contributed by atoms with E-state index >= 15 is 0 Å². The Bertz CT molecular complexity index is 2920. The summed E-state index contributed by atoms with van der Waals surface area (Å²) in [6.45, 7) is 0. The molecule has 0 aliphatic heterocycles. The molecule has 0 saturated heterocycles. The van der Waals surface area contributed by atoms with Crippen LogP contribution in [0.25, 0.3) is 50.2 Å². The van der Waals surface area contributed by atoms with E-state index in [2.05, 4.69) is 229 Å². The molecule has 11 rings (SSSR count). The van der Waals surface area contributed by atoms with Crippen molar-refractivity contribution in [3.8, 4) is 33.4 Å². The van der Waals surface area contributed by atoms with Gasteiger partial charge >= 0.3 is 0 Å². The first kappa shape index (κ1) is 34.1. The van der Waals surface area contributed by atoms with E-state index < -0.39 is 5.41 Å². The summed E-state index contributed by atoms with van der Waals surface area (Å²) < 4.78 is 0. The number of rotatable bonds is 7. The van der Waals surface area contributed by atoms with E-state index in [0.717, 1.165) is 29.9 Å². The molecule has 1 heteroatoms. The maximum atomic E-state index is 2.51. The summed E-state index contributed by atoms with van der Waals surface area (Å²) in [6, 6.07) is 78.3. The van der Waals surface area contributed by atoms with Crippen molar-refractivity contribution in [2.45, 2.75) is 18.3 Å². The van der Waals surface area contributed by atoms with Gasteiger partial charge in [0.25, 0.3) is 0 Å². The van der Waals surface area contributed by atoms with Crippen LogP contribution < -0.4 is 4.90 Å². The summed E-state index contributed by atoms with van der Waals surface area (Å²) in [6.07, 6.45) is 6.89. The normalized spacial score (nSPS) is 13.4. The van der Waals surface area contributed by atoms with E-state index in [1.165, 1.54) is 77.5 Å². The topological polar surface area (TPSA) is 3.24 Å². The van der Waals surface area contributed by atoms with E-state index in [-0.39, 0.29) is 0 Å². The number of hydrogen-bond acceptors (Lipinski definition) is 1. The Hall–Kier alpha value is -7.22. The zero-order chi connectivity index (χ0) is 38.5. The summed E-state index contributed by atoms with van der Waals surface area (Å²) in [5, 5.41) is 2.43. The molecule has 0 heterocycles. The van der Waals surface area contributed by atoms with Gasteiger partial charge in [-0.15, -0.1) is 0 Å². The van der Waals surface area contributed by atoms with Gasteiger partial charge in [0.15, 0.2) is 0 Å². The average Bonchev–Trinajstić information content (AvgIpc) is 3.61. The van der Waals surface area contributed by atoms with Gasteiger partial charge in [0.05, 0.1) is 11.1 Å². The molecule has 0 aromatic heterocycles. The first-order valence-corrected chi connectivity index (χ1v) is 20.4. The predicted octanol–water partition coefficient (Wildman–Crippen LogP) is 15.0. The molecular formula is C57H41N. The van der Waals surface area contributed by atoms with Crippen molar-refractivity contribution in [3.63, 3.8) is 0 Å². The minimum atomic E-state index is -0.477. The Morgan fingerprint density at radius 2 is 0.983 bits per heavy atom. The van der Waals surface area contributed by atoms with Gasteiger partial charge in [0.1, 0.15) is 0 Å². The van der Waals surface area contributed by atoms with Crippen LogP contribution >= 0.6 is 0 Å². The van der Waals surface area contributed by atoms with Gasteiger partial charge < -0.3 is 4.90 Å². The molecule has 9 aromatic rings. The van der Waals surface area contributed by atoms with Crippen molar-refractivity contribution in [1.82, 2.24) is 0 Å². The standard InChI is InChI=1S/C57H41N/c1-5-17-40(18-6-1)41-29-33-47(34-30-41)58(46-24-11-4-12-25-46)55-38-36-48(50-27-15-16-28-51(50)55)43-31-35-52-54(39-43)57(44-20-7-2-8-21-44,45-22-9-3-10-23-45)53-37-32-42-19-13-14-26-49(42)56(52)53/h1-12,14-18,20-39H,13,19H2. The molecule has 2 aliphatic rings. The minimum absolute atomic E-state index is 0.477. The highest BCUT2D eigenvalue weighted by molar-refractivity contribution is 6.07. The van der Waals surface area contributed by atoms with Crippen LogP contribution in [0, 0.1) is 0 Å². The van der Waals surface area contributed by atoms with Crippen molar-refractivity contribution in [1.29, 1.82) is 0 Å². The van der Waals surface area contributed by atoms with E-state index in [1.807, 2.05) is 0 Å². The number of hydrogen-bond donors (Lipinski definition) is 0. The fraction of sp³-hybridized carbons (Fsp3) is 0.0526. The molecule has 0 saturated carbocycles. The molecular weight excluding hydrogens is 699 g/mol. The Kier molecular flexibility index (Phi) is 8.26. The largest absolute Gasteiger partial charge is 0.310 e. The summed E-state index contributed by atoms with van der Waals surface area (Å²) in [5.74, 6) is 0. The van der Waals surface area contributed by atoms with Gasteiger partial charge in [-0.25, -0.2) is 0 Å². The van der Waals surface area contributed by atoms with Gasteiger partial charge in [-0.3, -0.25) is 0 Å². The number of nitrogens with zero attached hydrogens (tertiary/aromatic N) is 1. The SMILES string of the molecule is C1=Cc2c(ccc3c2-c2ccc(-c4ccc(N(c5ccccc5)c5ccc(-c6ccccc6)cc5)c5ccccc45)cc2C3(c2ccccc2)c2ccccc2)CC1. The van der Waals surface area contributed by atoms with Gasteiger partial charge in [-0.2, -0.15) is 0 Å². The van der Waals surface area contributed by atoms with Gasteiger partial charge in [-0.1, -0.05) is 188 Å². The first-order valence-electron chi connectivity index (χ1n) is 20.4. The number of benzene rings is 9. The summed E-state index contributed by atoms with van der Waals surface area (Å²) in [7, 11) is 0. The molecule has 0 unspecified atom stereocenters. The zero-order valence-corrected chi connectivity index (χ0v) is 32.2. The second kappa shape index (κ2) is 14.1. The van der Waals surface area contributed by atoms with Crippen LogP contribution in [0.5, 0.6) is 0 Å². The second-order valence-corrected chi connectivity index (χ2v) is 15.5. The number of anilines is 3. The number of fused-ring (bicyclic) bond motifs is 6. The van der Waals surface area contributed by atoms with E-state index in [0.29, 0.717) is 0 Å². The molecule has 0 bridgehead atoms. The van der Waals surface area contributed by atoms with Gasteiger partial charge in [0.2, 0.25) is 0 Å². The molecule has 9 aromatic carbocycles. The number of aryl methyl sites for hydroxylation is 1. The lowest BCUT2D eigenvalue weighted by atomic mass is 9.67. The third kappa shape index (κ3) is 5.39. The van der Waals surface area contributed by atoms with Crippen LogP contribution in [-0.2, 0) is 11.8 Å². The van der Waals surface area contributed by atoms with E-state index in [1.54, 1.807) is 0 Å². The van der Waals surface area contributed by atoms with Crippen LogP contribution in [0.1, 0.15) is 39.8 Å². The van der Waals surface area contributed by atoms with Crippen molar-refractivity contribution < 1.29 is 0 Å². The molecule has 0 atom stereocenters. The molecule has 274 valence electrons. The Morgan fingerprint density at radius 3 is 1.69 bits per heavy atom. The first-order chi connectivity index (χ1) is 28.8. The predicted molar refractivity (Wildman–Crippen MR) is 244 cm³/mol. The lowest BCUT2D eigenvalue weighted by Gasteiger charge is -2.34. The van der Waals surface area contributed by atoms with Crippen LogP contribution in [0.4, 0.5) is 17.1 Å². The average molecular weight is 740 g/mol. The molecule has 2 aliphatic carbocycles. The van der Waals surface area contributed by atoms with Crippen LogP contribution in [0.15, 0.2) is 218 Å². The van der Waals surface area contributed by atoms with Gasteiger partial charge in [-0.05, 0) is 121 Å². The third-order valence-corrected chi connectivity index (χ3v) is 12.4. The van der Waals surface area contributed by atoms with Crippen LogP contribution in [0.3, 0.4) is 0 Å². The molecule has 1 nitrogen and oxygen atoms in total. The van der Waals surface area contributed by atoms with Crippen molar-refractivity contribution in [3.05, 3.63) is 252 Å². The van der Waals surface area contributed by atoms with Crippen molar-refractivity contribution >= 4 is 33.9 Å². The highest BCUT2D eigenvalue weighted by Crippen LogP contribution is 2.58. The van der Waals surface area contributed by atoms with Crippen LogP contribution in [0.2, 0.25) is 0 Å².